The number of aliphatic hydroxyl groups excluding tert-OH is 1. The minimum Gasteiger partial charge on any atom is -0.469 e. The van der Waals surface area contributed by atoms with Crippen molar-refractivity contribution in [2.75, 3.05) is 25.0 Å². The van der Waals surface area contributed by atoms with Crippen LogP contribution in [0.5, 0.6) is 0 Å². The number of anilines is 1. The van der Waals surface area contributed by atoms with Gasteiger partial charge in [0.2, 0.25) is 0 Å². The van der Waals surface area contributed by atoms with Crippen molar-refractivity contribution in [1.82, 2.24) is 14.7 Å². The molecule has 2 aromatic heterocycles. The molecule has 3 heterocycles. The first-order valence-corrected chi connectivity index (χ1v) is 8.82. The highest BCUT2D eigenvalue weighted by atomic mass is 16.3. The van der Waals surface area contributed by atoms with E-state index < -0.39 is 0 Å². The molecule has 0 atom stereocenters. The molecule has 0 amide bonds. The lowest BCUT2D eigenvalue weighted by Crippen LogP contribution is -2.42. The van der Waals surface area contributed by atoms with Crippen molar-refractivity contribution in [3.63, 3.8) is 0 Å². The minimum atomic E-state index is 0.0754. The summed E-state index contributed by atoms with van der Waals surface area (Å²) in [5.41, 5.74) is 1.89. The molecular formula is C18H28N4O2. The van der Waals surface area contributed by atoms with E-state index in [0.29, 0.717) is 18.6 Å². The van der Waals surface area contributed by atoms with E-state index in [1.165, 1.54) is 0 Å². The molecule has 1 saturated heterocycles. The lowest BCUT2D eigenvalue weighted by atomic mass is 10.0. The molecule has 0 saturated carbocycles. The molecule has 6 heteroatoms. The second-order valence-electron chi connectivity index (χ2n) is 6.80. The zero-order valence-corrected chi connectivity index (χ0v) is 14.8. The van der Waals surface area contributed by atoms with E-state index >= 15 is 0 Å². The molecule has 0 aliphatic carbocycles. The topological polar surface area (TPSA) is 66.5 Å². The first-order valence-electron chi connectivity index (χ1n) is 8.82. The quantitative estimate of drug-likeness (QED) is 0.851. The van der Waals surface area contributed by atoms with Crippen molar-refractivity contribution in [2.24, 2.45) is 0 Å². The van der Waals surface area contributed by atoms with Crippen LogP contribution in [-0.2, 0) is 6.54 Å². The van der Waals surface area contributed by atoms with Gasteiger partial charge >= 0.3 is 0 Å². The van der Waals surface area contributed by atoms with Crippen LogP contribution in [0.15, 0.2) is 22.8 Å². The third kappa shape index (κ3) is 3.65. The van der Waals surface area contributed by atoms with Gasteiger partial charge in [0.25, 0.3) is 0 Å². The van der Waals surface area contributed by atoms with Crippen molar-refractivity contribution in [3.05, 3.63) is 24.2 Å². The van der Waals surface area contributed by atoms with E-state index in [2.05, 4.69) is 35.2 Å². The lowest BCUT2D eigenvalue weighted by molar-refractivity contribution is 0.177. The Bertz CT molecular complexity index is 654. The summed E-state index contributed by atoms with van der Waals surface area (Å²) < 4.78 is 7.25. The predicted octanol–water partition coefficient (Wildman–Crippen LogP) is 2.73. The van der Waals surface area contributed by atoms with Gasteiger partial charge in [-0.05, 0) is 39.7 Å². The zero-order chi connectivity index (χ0) is 17.1. The summed E-state index contributed by atoms with van der Waals surface area (Å²) in [6.07, 6.45) is 3.94. The number of aliphatic hydroxyl groups is 1. The highest BCUT2D eigenvalue weighted by Gasteiger charge is 2.22. The first kappa shape index (κ1) is 17.0. The van der Waals surface area contributed by atoms with Gasteiger partial charge in [0.05, 0.1) is 25.1 Å². The van der Waals surface area contributed by atoms with Crippen LogP contribution in [0.1, 0.15) is 32.4 Å². The third-order valence-electron chi connectivity index (χ3n) is 4.84. The molecule has 132 valence electrons. The third-order valence-corrected chi connectivity index (χ3v) is 4.84. The van der Waals surface area contributed by atoms with E-state index in [4.69, 9.17) is 4.42 Å². The number of nitrogens with one attached hydrogen (secondary N) is 1. The van der Waals surface area contributed by atoms with Crippen LogP contribution >= 0.6 is 0 Å². The molecule has 0 radical (unpaired) electrons. The normalized spacial score (nSPS) is 16.9. The Morgan fingerprint density at radius 1 is 1.38 bits per heavy atom. The van der Waals surface area contributed by atoms with Crippen LogP contribution in [0.2, 0.25) is 0 Å². The maximum atomic E-state index is 9.33. The summed E-state index contributed by atoms with van der Waals surface area (Å²) in [7, 11) is 0. The minimum absolute atomic E-state index is 0.0754. The standard InChI is InChI=1S/C18H28N4O2/c1-13(2)21-7-4-15(5-8-21)19-18-12-17(20-22(18)9-10-23)16-6-11-24-14(16)3/h6,11-13,15,19,23H,4-5,7-10H2,1-3H3. The number of aromatic nitrogens is 2. The Morgan fingerprint density at radius 2 is 2.12 bits per heavy atom. The van der Waals surface area contributed by atoms with E-state index in [9.17, 15) is 5.11 Å². The van der Waals surface area contributed by atoms with Gasteiger partial charge in [0.15, 0.2) is 0 Å². The summed E-state index contributed by atoms with van der Waals surface area (Å²) in [5, 5.41) is 17.6. The molecule has 2 N–H and O–H groups in total. The number of hydrogen-bond donors (Lipinski definition) is 2. The van der Waals surface area contributed by atoms with Crippen LogP contribution in [-0.4, -0.2) is 51.6 Å². The van der Waals surface area contributed by atoms with Crippen LogP contribution in [0.25, 0.3) is 11.3 Å². The monoisotopic (exact) mass is 332 g/mol. The summed E-state index contributed by atoms with van der Waals surface area (Å²) in [6.45, 7) is 9.26. The molecule has 2 aromatic rings. The van der Waals surface area contributed by atoms with Gasteiger partial charge < -0.3 is 19.7 Å². The fourth-order valence-corrected chi connectivity index (χ4v) is 3.35. The number of piperidine rings is 1. The number of furan rings is 1. The van der Waals surface area contributed by atoms with Crippen molar-refractivity contribution in [1.29, 1.82) is 0 Å². The second kappa shape index (κ2) is 7.40. The Kier molecular flexibility index (Phi) is 5.26. The van der Waals surface area contributed by atoms with Crippen molar-refractivity contribution in [2.45, 2.75) is 52.2 Å². The maximum Gasteiger partial charge on any atom is 0.125 e. The van der Waals surface area contributed by atoms with E-state index in [-0.39, 0.29) is 6.61 Å². The van der Waals surface area contributed by atoms with Crippen molar-refractivity contribution in [3.8, 4) is 11.3 Å². The number of likely N-dealkylation sites (tertiary alicyclic amines) is 1. The van der Waals surface area contributed by atoms with Crippen LogP contribution in [0.4, 0.5) is 5.82 Å². The number of aryl methyl sites for hydroxylation is 1. The van der Waals surface area contributed by atoms with E-state index in [1.807, 2.05) is 17.7 Å². The van der Waals surface area contributed by atoms with Crippen molar-refractivity contribution >= 4 is 5.82 Å². The highest BCUT2D eigenvalue weighted by molar-refractivity contribution is 5.64. The Morgan fingerprint density at radius 3 is 2.71 bits per heavy atom. The average Bonchev–Trinajstić information content (AvgIpc) is 3.15. The number of hydrogen-bond acceptors (Lipinski definition) is 5. The molecule has 1 aliphatic rings. The van der Waals surface area contributed by atoms with Gasteiger partial charge in [-0.3, -0.25) is 0 Å². The molecule has 6 nitrogen and oxygen atoms in total. The molecule has 3 rings (SSSR count). The Labute approximate surface area is 143 Å². The molecule has 24 heavy (non-hydrogen) atoms. The molecule has 1 aliphatic heterocycles. The summed E-state index contributed by atoms with van der Waals surface area (Å²) >= 11 is 0. The smallest absolute Gasteiger partial charge is 0.125 e. The van der Waals surface area contributed by atoms with E-state index in [0.717, 1.165) is 48.8 Å². The summed E-state index contributed by atoms with van der Waals surface area (Å²) in [4.78, 5) is 2.52. The molecule has 0 unspecified atom stereocenters. The zero-order valence-electron chi connectivity index (χ0n) is 14.8. The van der Waals surface area contributed by atoms with Gasteiger partial charge in [0.1, 0.15) is 11.6 Å². The van der Waals surface area contributed by atoms with Gasteiger partial charge in [-0.15, -0.1) is 0 Å². The largest absolute Gasteiger partial charge is 0.469 e. The van der Waals surface area contributed by atoms with Gasteiger partial charge in [0, 0.05) is 36.8 Å². The first-order chi connectivity index (χ1) is 11.6. The number of nitrogens with zero attached hydrogens (tertiary/aromatic N) is 3. The molecule has 0 spiro atoms. The highest BCUT2D eigenvalue weighted by Crippen LogP contribution is 2.27. The van der Waals surface area contributed by atoms with Crippen LogP contribution in [0, 0.1) is 6.92 Å². The fourth-order valence-electron chi connectivity index (χ4n) is 3.35. The SMILES string of the molecule is Cc1occc1-c1cc(NC2CCN(C(C)C)CC2)n(CCO)n1. The fraction of sp³-hybridized carbons (Fsp3) is 0.611. The van der Waals surface area contributed by atoms with Gasteiger partial charge in [-0.2, -0.15) is 5.10 Å². The summed E-state index contributed by atoms with van der Waals surface area (Å²) in [5.74, 6) is 1.84. The number of rotatable bonds is 6. The molecule has 0 aromatic carbocycles. The van der Waals surface area contributed by atoms with Crippen LogP contribution in [0.3, 0.4) is 0 Å². The second-order valence-corrected chi connectivity index (χ2v) is 6.80. The van der Waals surface area contributed by atoms with Crippen LogP contribution < -0.4 is 5.32 Å². The van der Waals surface area contributed by atoms with E-state index in [1.54, 1.807) is 6.26 Å². The Balaban J connectivity index is 1.73. The van der Waals surface area contributed by atoms with Gasteiger partial charge in [-0.25, -0.2) is 4.68 Å². The molecular weight excluding hydrogens is 304 g/mol. The molecule has 1 fully saturated rings. The van der Waals surface area contributed by atoms with Crippen molar-refractivity contribution < 1.29 is 9.52 Å². The lowest BCUT2D eigenvalue weighted by Gasteiger charge is -2.35. The summed E-state index contributed by atoms with van der Waals surface area (Å²) in [6, 6.07) is 5.06. The Hall–Kier alpha value is -1.79. The molecule has 0 bridgehead atoms. The van der Waals surface area contributed by atoms with Gasteiger partial charge in [-0.1, -0.05) is 0 Å². The maximum absolute atomic E-state index is 9.33. The predicted molar refractivity (Wildman–Crippen MR) is 95.1 cm³/mol. The average molecular weight is 332 g/mol.